The second-order valence-electron chi connectivity index (χ2n) is 4.37. The van der Waals surface area contributed by atoms with Crippen LogP contribution in [0.15, 0.2) is 54.6 Å². The van der Waals surface area contributed by atoms with Gasteiger partial charge in [0.15, 0.2) is 5.75 Å². The van der Waals surface area contributed by atoms with Crippen molar-refractivity contribution in [2.45, 2.75) is 6.42 Å². The summed E-state index contributed by atoms with van der Waals surface area (Å²) in [6.07, 6.45) is 0.401. The van der Waals surface area contributed by atoms with Gasteiger partial charge in [0, 0.05) is 5.88 Å². The van der Waals surface area contributed by atoms with Crippen molar-refractivity contribution in [3.63, 3.8) is 0 Å². The number of hydrogen-bond acceptors (Lipinski definition) is 3. The van der Waals surface area contributed by atoms with Crippen molar-refractivity contribution in [3.05, 3.63) is 54.6 Å². The first-order valence-electron chi connectivity index (χ1n) is 6.49. The summed E-state index contributed by atoms with van der Waals surface area (Å²) in [5.74, 6) is 1.39. The van der Waals surface area contributed by atoms with E-state index in [-0.39, 0.29) is 5.75 Å². The zero-order valence-corrected chi connectivity index (χ0v) is 12.9. The molecule has 0 atom stereocenters. The lowest BCUT2D eigenvalue weighted by molar-refractivity contribution is 0.485. The van der Waals surface area contributed by atoms with Gasteiger partial charge in [0.1, 0.15) is 5.75 Å². The number of rotatable bonds is 7. The fraction of sp³-hybridized carbons (Fsp3) is 0.200. The van der Waals surface area contributed by atoms with Crippen LogP contribution in [0.25, 0.3) is 0 Å². The first-order chi connectivity index (χ1) is 10.1. The molecule has 0 fully saturated rings. The van der Waals surface area contributed by atoms with E-state index in [9.17, 15) is 8.42 Å². The van der Waals surface area contributed by atoms with Crippen molar-refractivity contribution >= 4 is 27.3 Å². The minimum atomic E-state index is -3.43. The van der Waals surface area contributed by atoms with E-state index in [4.69, 9.17) is 16.3 Å². The molecule has 6 heteroatoms. The van der Waals surface area contributed by atoms with Gasteiger partial charge in [0.05, 0.1) is 11.4 Å². The number of halogens is 1. The Morgan fingerprint density at radius 2 is 1.67 bits per heavy atom. The first-order valence-corrected chi connectivity index (χ1v) is 8.68. The Kier molecular flexibility index (Phi) is 5.47. The second kappa shape index (κ2) is 7.33. The molecule has 0 radical (unpaired) electrons. The molecule has 2 aromatic carbocycles. The van der Waals surface area contributed by atoms with Crippen molar-refractivity contribution in [1.82, 2.24) is 0 Å². The lowest BCUT2D eigenvalue weighted by Crippen LogP contribution is -2.17. The third-order valence-electron chi connectivity index (χ3n) is 2.67. The smallest absolute Gasteiger partial charge is 0.232 e. The highest BCUT2D eigenvalue weighted by molar-refractivity contribution is 7.92. The van der Waals surface area contributed by atoms with E-state index in [0.29, 0.717) is 29.5 Å². The molecule has 1 N–H and O–H groups in total. The highest BCUT2D eigenvalue weighted by Gasteiger charge is 2.13. The Labute approximate surface area is 129 Å². The van der Waals surface area contributed by atoms with Gasteiger partial charge in [-0.15, -0.1) is 11.6 Å². The van der Waals surface area contributed by atoms with Crippen LogP contribution in [0.5, 0.6) is 11.5 Å². The molecule has 0 unspecified atom stereocenters. The zero-order valence-electron chi connectivity index (χ0n) is 11.3. The predicted octanol–water partition coefficient (Wildman–Crippen LogP) is 3.85. The quantitative estimate of drug-likeness (QED) is 0.787. The van der Waals surface area contributed by atoms with Gasteiger partial charge in [-0.2, -0.15) is 0 Å². The maximum Gasteiger partial charge on any atom is 0.232 e. The summed E-state index contributed by atoms with van der Waals surface area (Å²) in [7, 11) is -3.43. The van der Waals surface area contributed by atoms with Gasteiger partial charge in [-0.05, 0) is 30.7 Å². The highest BCUT2D eigenvalue weighted by Crippen LogP contribution is 2.29. The van der Waals surface area contributed by atoms with Crippen LogP contribution in [0, 0.1) is 0 Å². The zero-order chi connectivity index (χ0) is 15.1. The van der Waals surface area contributed by atoms with Crippen LogP contribution >= 0.6 is 11.6 Å². The van der Waals surface area contributed by atoms with Crippen LogP contribution in [-0.2, 0) is 10.0 Å². The number of para-hydroxylation sites is 3. The predicted molar refractivity (Wildman–Crippen MR) is 85.7 cm³/mol. The van der Waals surface area contributed by atoms with Gasteiger partial charge in [-0.1, -0.05) is 30.3 Å². The number of hydrogen-bond donors (Lipinski definition) is 1. The van der Waals surface area contributed by atoms with E-state index < -0.39 is 10.0 Å². The minimum absolute atomic E-state index is 0.0177. The van der Waals surface area contributed by atoms with Crippen LogP contribution in [-0.4, -0.2) is 20.1 Å². The Morgan fingerprint density at radius 3 is 2.38 bits per heavy atom. The summed E-state index contributed by atoms with van der Waals surface area (Å²) in [5.41, 5.74) is 0.413. The molecule has 0 aliphatic heterocycles. The Balaban J connectivity index is 2.17. The van der Waals surface area contributed by atoms with E-state index in [1.807, 2.05) is 18.2 Å². The SMILES string of the molecule is O=S(=O)(CCCCl)Nc1ccccc1Oc1ccccc1. The van der Waals surface area contributed by atoms with E-state index in [1.165, 1.54) is 0 Å². The molecule has 0 saturated carbocycles. The van der Waals surface area contributed by atoms with Gasteiger partial charge in [0.25, 0.3) is 0 Å². The molecule has 0 aliphatic rings. The minimum Gasteiger partial charge on any atom is -0.455 e. The number of alkyl halides is 1. The molecule has 0 spiro atoms. The summed E-state index contributed by atoms with van der Waals surface area (Å²) in [5, 5.41) is 0. The maximum atomic E-state index is 11.9. The molecule has 0 amide bonds. The molecule has 4 nitrogen and oxygen atoms in total. The van der Waals surface area contributed by atoms with E-state index >= 15 is 0 Å². The molecule has 0 bridgehead atoms. The largest absolute Gasteiger partial charge is 0.455 e. The van der Waals surface area contributed by atoms with E-state index in [0.717, 1.165) is 0 Å². The number of sulfonamides is 1. The fourth-order valence-corrected chi connectivity index (χ4v) is 3.14. The summed E-state index contributed by atoms with van der Waals surface area (Å²) in [6.45, 7) is 0. The molecule has 0 aromatic heterocycles. The van der Waals surface area contributed by atoms with Crippen molar-refractivity contribution in [1.29, 1.82) is 0 Å². The number of anilines is 1. The maximum absolute atomic E-state index is 11.9. The van der Waals surface area contributed by atoms with Crippen molar-refractivity contribution in [2.24, 2.45) is 0 Å². The normalized spacial score (nSPS) is 11.1. The van der Waals surface area contributed by atoms with Gasteiger partial charge in [0.2, 0.25) is 10.0 Å². The molecular weight excluding hydrogens is 310 g/mol. The molecule has 21 heavy (non-hydrogen) atoms. The Morgan fingerprint density at radius 1 is 1.00 bits per heavy atom. The lowest BCUT2D eigenvalue weighted by Gasteiger charge is -2.13. The van der Waals surface area contributed by atoms with E-state index in [1.54, 1.807) is 36.4 Å². The van der Waals surface area contributed by atoms with Crippen LogP contribution in [0.3, 0.4) is 0 Å². The van der Waals surface area contributed by atoms with Gasteiger partial charge < -0.3 is 4.74 Å². The average molecular weight is 326 g/mol. The summed E-state index contributed by atoms with van der Waals surface area (Å²) in [4.78, 5) is 0. The molecule has 112 valence electrons. The summed E-state index contributed by atoms with van der Waals surface area (Å²) < 4.78 is 32.1. The number of nitrogens with one attached hydrogen (secondary N) is 1. The van der Waals surface area contributed by atoms with Crippen LogP contribution in [0.4, 0.5) is 5.69 Å². The first kappa shape index (κ1) is 15.7. The monoisotopic (exact) mass is 325 g/mol. The number of ether oxygens (including phenoxy) is 1. The summed E-state index contributed by atoms with van der Waals surface area (Å²) in [6, 6.07) is 16.1. The summed E-state index contributed by atoms with van der Waals surface area (Å²) >= 11 is 5.53. The van der Waals surface area contributed by atoms with Crippen molar-refractivity contribution in [3.8, 4) is 11.5 Å². The molecule has 0 heterocycles. The van der Waals surface area contributed by atoms with Gasteiger partial charge in [-0.25, -0.2) is 8.42 Å². The topological polar surface area (TPSA) is 55.4 Å². The molecular formula is C15H16ClNO3S. The molecule has 2 aromatic rings. The Bertz CT molecular complexity index is 674. The van der Waals surface area contributed by atoms with Crippen molar-refractivity contribution < 1.29 is 13.2 Å². The lowest BCUT2D eigenvalue weighted by atomic mass is 10.3. The van der Waals surface area contributed by atoms with Crippen LogP contribution in [0.1, 0.15) is 6.42 Å². The average Bonchev–Trinajstić information content (AvgIpc) is 2.48. The highest BCUT2D eigenvalue weighted by atomic mass is 35.5. The van der Waals surface area contributed by atoms with E-state index in [2.05, 4.69) is 4.72 Å². The standard InChI is InChI=1S/C15H16ClNO3S/c16-11-6-12-21(18,19)17-14-9-4-5-10-15(14)20-13-7-2-1-3-8-13/h1-5,7-10,17H,6,11-12H2. The van der Waals surface area contributed by atoms with Gasteiger partial charge >= 0.3 is 0 Å². The third-order valence-corrected chi connectivity index (χ3v) is 4.29. The molecule has 0 saturated heterocycles. The van der Waals surface area contributed by atoms with Crippen LogP contribution in [0.2, 0.25) is 0 Å². The third kappa shape index (κ3) is 4.95. The number of benzene rings is 2. The fourth-order valence-electron chi connectivity index (χ4n) is 1.72. The van der Waals surface area contributed by atoms with Crippen molar-refractivity contribution in [2.75, 3.05) is 16.4 Å². The van der Waals surface area contributed by atoms with Crippen LogP contribution < -0.4 is 9.46 Å². The van der Waals surface area contributed by atoms with Gasteiger partial charge in [-0.3, -0.25) is 4.72 Å². The molecule has 0 aliphatic carbocycles. The Hall–Kier alpha value is -1.72. The second-order valence-corrected chi connectivity index (χ2v) is 6.59. The molecule has 2 rings (SSSR count).